The number of imide groups is 1. The van der Waals surface area contributed by atoms with Gasteiger partial charge in [0.05, 0.1) is 16.8 Å². The maximum atomic E-state index is 12.3. The maximum absolute atomic E-state index is 12.3. The first-order valence-electron chi connectivity index (χ1n) is 10.3. The molecule has 0 unspecified atom stereocenters. The van der Waals surface area contributed by atoms with Gasteiger partial charge in [-0.3, -0.25) is 24.3 Å². The van der Waals surface area contributed by atoms with E-state index < -0.39 is 0 Å². The fourth-order valence-corrected chi connectivity index (χ4v) is 3.38. The van der Waals surface area contributed by atoms with Gasteiger partial charge in [0.1, 0.15) is 19.0 Å². The summed E-state index contributed by atoms with van der Waals surface area (Å²) in [5, 5.41) is 0. The van der Waals surface area contributed by atoms with E-state index in [0.29, 0.717) is 29.9 Å². The molecule has 0 atom stereocenters. The Hall–Kier alpha value is -4.00. The third-order valence-corrected chi connectivity index (χ3v) is 5.08. The van der Waals surface area contributed by atoms with Crippen molar-refractivity contribution in [1.29, 1.82) is 0 Å². The topological polar surface area (TPSA) is 85.8 Å². The normalized spacial score (nSPS) is 12.6. The first kappa shape index (κ1) is 21.2. The molecule has 0 radical (unpaired) electrons. The first-order chi connectivity index (χ1) is 15.6. The zero-order valence-electron chi connectivity index (χ0n) is 17.4. The number of esters is 1. The highest BCUT2D eigenvalue weighted by Crippen LogP contribution is 2.22. The van der Waals surface area contributed by atoms with Crippen LogP contribution in [0.25, 0.3) is 0 Å². The molecule has 2 amide bonds. The van der Waals surface area contributed by atoms with Crippen LogP contribution in [0, 0.1) is 0 Å². The molecule has 162 valence electrons. The molecule has 32 heavy (non-hydrogen) atoms. The van der Waals surface area contributed by atoms with E-state index >= 15 is 0 Å². The standard InChI is InChI=1S/C25H22N2O5/c28-23(9-5-15-27-24(29)21-7-1-2-8-22(21)25(27)30)32-16-18-10-12-20(13-11-18)31-17-19-6-3-4-14-26-19/h1-4,6-8,10-14H,5,9,15-17H2. The molecule has 2 aromatic carbocycles. The van der Waals surface area contributed by atoms with Crippen molar-refractivity contribution in [1.82, 2.24) is 9.88 Å². The van der Waals surface area contributed by atoms with Crippen LogP contribution in [0.3, 0.4) is 0 Å². The van der Waals surface area contributed by atoms with Gasteiger partial charge in [-0.05, 0) is 48.4 Å². The van der Waals surface area contributed by atoms with E-state index in [-0.39, 0.29) is 37.4 Å². The summed E-state index contributed by atoms with van der Waals surface area (Å²) in [5.74, 6) is -0.308. The number of nitrogens with zero attached hydrogens (tertiary/aromatic N) is 2. The number of hydrogen-bond donors (Lipinski definition) is 0. The van der Waals surface area contributed by atoms with Gasteiger partial charge in [0.2, 0.25) is 0 Å². The van der Waals surface area contributed by atoms with Gasteiger partial charge < -0.3 is 9.47 Å². The van der Waals surface area contributed by atoms with Crippen LogP contribution in [0.1, 0.15) is 44.8 Å². The lowest BCUT2D eigenvalue weighted by molar-refractivity contribution is -0.145. The van der Waals surface area contributed by atoms with Crippen molar-refractivity contribution in [2.45, 2.75) is 26.1 Å². The van der Waals surface area contributed by atoms with Crippen LogP contribution < -0.4 is 4.74 Å². The van der Waals surface area contributed by atoms with Crippen LogP contribution in [0.15, 0.2) is 72.9 Å². The number of rotatable bonds is 9. The second kappa shape index (κ2) is 9.87. The van der Waals surface area contributed by atoms with Crippen molar-refractivity contribution in [2.75, 3.05) is 6.54 Å². The van der Waals surface area contributed by atoms with Gasteiger partial charge in [-0.2, -0.15) is 0 Å². The van der Waals surface area contributed by atoms with Gasteiger partial charge in [0.25, 0.3) is 11.8 Å². The SMILES string of the molecule is O=C(CCCN1C(=O)c2ccccc2C1=O)OCc1ccc(OCc2ccccn2)cc1. The fraction of sp³-hybridized carbons (Fsp3) is 0.200. The summed E-state index contributed by atoms with van der Waals surface area (Å²) in [4.78, 5) is 42.1. The first-order valence-corrected chi connectivity index (χ1v) is 10.3. The van der Waals surface area contributed by atoms with E-state index in [1.54, 1.807) is 30.5 Å². The van der Waals surface area contributed by atoms with Crippen LogP contribution in [-0.2, 0) is 22.7 Å². The molecule has 7 nitrogen and oxygen atoms in total. The predicted octanol–water partition coefficient (Wildman–Crippen LogP) is 3.78. The molecule has 0 saturated carbocycles. The Morgan fingerprint density at radius 3 is 2.19 bits per heavy atom. The minimum absolute atomic E-state index is 0.124. The Labute approximate surface area is 185 Å². The number of aromatic nitrogens is 1. The molecule has 0 aliphatic carbocycles. The van der Waals surface area contributed by atoms with Crippen LogP contribution in [0.4, 0.5) is 0 Å². The number of fused-ring (bicyclic) bond motifs is 1. The van der Waals surface area contributed by atoms with Crippen molar-refractivity contribution in [3.05, 3.63) is 95.3 Å². The average Bonchev–Trinajstić information content (AvgIpc) is 3.08. The van der Waals surface area contributed by atoms with Crippen LogP contribution in [0.2, 0.25) is 0 Å². The summed E-state index contributed by atoms with van der Waals surface area (Å²) in [6, 6.07) is 19.7. The number of benzene rings is 2. The van der Waals surface area contributed by atoms with Crippen molar-refractivity contribution in [3.8, 4) is 5.75 Å². The fourth-order valence-electron chi connectivity index (χ4n) is 3.38. The minimum Gasteiger partial charge on any atom is -0.487 e. The largest absolute Gasteiger partial charge is 0.487 e. The average molecular weight is 430 g/mol. The Morgan fingerprint density at radius 2 is 1.53 bits per heavy atom. The van der Waals surface area contributed by atoms with E-state index in [4.69, 9.17) is 9.47 Å². The monoisotopic (exact) mass is 430 g/mol. The minimum atomic E-state index is -0.378. The molecule has 2 heterocycles. The van der Waals surface area contributed by atoms with Gasteiger partial charge >= 0.3 is 5.97 Å². The number of pyridine rings is 1. The summed E-state index contributed by atoms with van der Waals surface area (Å²) in [6.07, 6.45) is 2.19. The third-order valence-electron chi connectivity index (χ3n) is 5.08. The number of hydrogen-bond acceptors (Lipinski definition) is 6. The lowest BCUT2D eigenvalue weighted by atomic mass is 10.1. The third kappa shape index (κ3) is 5.00. The molecular weight excluding hydrogens is 408 g/mol. The highest BCUT2D eigenvalue weighted by atomic mass is 16.5. The number of amides is 2. The van der Waals surface area contributed by atoms with Crippen LogP contribution in [0.5, 0.6) is 5.75 Å². The summed E-state index contributed by atoms with van der Waals surface area (Å²) in [7, 11) is 0. The highest BCUT2D eigenvalue weighted by molar-refractivity contribution is 6.21. The predicted molar refractivity (Wildman–Crippen MR) is 116 cm³/mol. The summed E-state index contributed by atoms with van der Waals surface area (Å²) >= 11 is 0. The van der Waals surface area contributed by atoms with E-state index in [9.17, 15) is 14.4 Å². The number of carbonyl (C=O) groups excluding carboxylic acids is 3. The van der Waals surface area contributed by atoms with Gasteiger partial charge in [-0.1, -0.05) is 30.3 Å². The molecule has 1 aliphatic heterocycles. The number of carbonyl (C=O) groups is 3. The molecule has 0 bridgehead atoms. The van der Waals surface area contributed by atoms with Crippen molar-refractivity contribution in [2.24, 2.45) is 0 Å². The molecule has 0 spiro atoms. The Kier molecular flexibility index (Phi) is 6.55. The van der Waals surface area contributed by atoms with Crippen molar-refractivity contribution < 1.29 is 23.9 Å². The highest BCUT2D eigenvalue weighted by Gasteiger charge is 2.34. The second-order valence-corrected chi connectivity index (χ2v) is 7.33. The molecule has 3 aromatic rings. The van der Waals surface area contributed by atoms with Gasteiger partial charge in [-0.25, -0.2) is 0 Å². The van der Waals surface area contributed by atoms with Gasteiger partial charge in [0.15, 0.2) is 0 Å². The zero-order chi connectivity index (χ0) is 22.3. The molecule has 0 fully saturated rings. The molecule has 0 saturated heterocycles. The number of ether oxygens (including phenoxy) is 2. The van der Waals surface area contributed by atoms with Gasteiger partial charge in [0, 0.05) is 19.2 Å². The second-order valence-electron chi connectivity index (χ2n) is 7.33. The molecule has 1 aliphatic rings. The van der Waals surface area contributed by atoms with E-state index in [0.717, 1.165) is 11.3 Å². The molecule has 7 heteroatoms. The smallest absolute Gasteiger partial charge is 0.306 e. The van der Waals surface area contributed by atoms with Crippen molar-refractivity contribution in [3.63, 3.8) is 0 Å². The van der Waals surface area contributed by atoms with Crippen LogP contribution >= 0.6 is 0 Å². The van der Waals surface area contributed by atoms with Gasteiger partial charge in [-0.15, -0.1) is 0 Å². The lowest BCUT2D eigenvalue weighted by Gasteiger charge is -2.13. The lowest BCUT2D eigenvalue weighted by Crippen LogP contribution is -2.31. The maximum Gasteiger partial charge on any atom is 0.306 e. The summed E-state index contributed by atoms with van der Waals surface area (Å²) in [5.41, 5.74) is 2.50. The summed E-state index contributed by atoms with van der Waals surface area (Å²) < 4.78 is 11.0. The van der Waals surface area contributed by atoms with Crippen molar-refractivity contribution >= 4 is 17.8 Å². The molecule has 0 N–H and O–H groups in total. The molecular formula is C25H22N2O5. The summed E-state index contributed by atoms with van der Waals surface area (Å²) in [6.45, 7) is 0.707. The Balaban J connectivity index is 1.18. The van der Waals surface area contributed by atoms with E-state index in [2.05, 4.69) is 4.98 Å². The quantitative estimate of drug-likeness (QED) is 0.379. The molecule has 4 rings (SSSR count). The molecule has 1 aromatic heterocycles. The van der Waals surface area contributed by atoms with E-state index in [1.165, 1.54) is 4.90 Å². The zero-order valence-corrected chi connectivity index (χ0v) is 17.4. The Bertz CT molecular complexity index is 1080. The van der Waals surface area contributed by atoms with E-state index in [1.807, 2.05) is 42.5 Å². The van der Waals surface area contributed by atoms with Crippen LogP contribution in [-0.4, -0.2) is 34.2 Å². The Morgan fingerprint density at radius 1 is 0.844 bits per heavy atom.